The lowest BCUT2D eigenvalue weighted by atomic mass is 10.1. The van der Waals surface area contributed by atoms with Crippen molar-refractivity contribution in [2.24, 2.45) is 0 Å². The van der Waals surface area contributed by atoms with Gasteiger partial charge in [-0.15, -0.1) is 0 Å². The van der Waals surface area contributed by atoms with Gasteiger partial charge in [0.1, 0.15) is 0 Å². The van der Waals surface area contributed by atoms with Crippen LogP contribution in [-0.4, -0.2) is 30.4 Å². The monoisotopic (exact) mass is 415 g/mol. The summed E-state index contributed by atoms with van der Waals surface area (Å²) in [5.41, 5.74) is 1.37. The van der Waals surface area contributed by atoms with Gasteiger partial charge in [-0.2, -0.15) is 0 Å². The van der Waals surface area contributed by atoms with Gasteiger partial charge in [-0.3, -0.25) is 14.5 Å². The largest absolute Gasteiger partial charge is 0.493 e. The van der Waals surface area contributed by atoms with Crippen LogP contribution in [0.1, 0.15) is 12.5 Å². The summed E-state index contributed by atoms with van der Waals surface area (Å²) in [6, 6.07) is 12.6. The van der Waals surface area contributed by atoms with E-state index in [2.05, 4.69) is 0 Å². The molecule has 2 aromatic carbocycles. The van der Waals surface area contributed by atoms with Crippen molar-refractivity contribution < 1.29 is 23.8 Å². The number of rotatable bonds is 5. The van der Waals surface area contributed by atoms with E-state index in [9.17, 15) is 9.59 Å². The number of thiocarbonyl (C=S) groups is 1. The van der Waals surface area contributed by atoms with Gasteiger partial charge in [0.05, 0.1) is 24.8 Å². The molecular weight excluding hydrogens is 398 g/mol. The summed E-state index contributed by atoms with van der Waals surface area (Å²) in [6.07, 6.45) is 1.70. The molecule has 0 atom stereocenters. The number of hydrogen-bond donors (Lipinski definition) is 0. The number of carbonyl (C=O) groups excluding carboxylic acids is 2. The van der Waals surface area contributed by atoms with E-state index in [1.165, 1.54) is 37.8 Å². The van der Waals surface area contributed by atoms with Gasteiger partial charge in [0.2, 0.25) is 5.75 Å². The molecule has 2 aromatic rings. The molecule has 0 spiro atoms. The molecule has 0 aromatic heterocycles. The molecule has 0 unspecified atom stereocenters. The number of ether oxygens (including phenoxy) is 3. The maximum absolute atomic E-state index is 12.9. The second kappa shape index (κ2) is 8.45. The minimum Gasteiger partial charge on any atom is -0.493 e. The van der Waals surface area contributed by atoms with Gasteiger partial charge in [-0.25, -0.2) is 0 Å². The molecule has 1 heterocycles. The number of thioether (sulfide) groups is 1. The Morgan fingerprint density at radius 2 is 1.71 bits per heavy atom. The number of carbonyl (C=O) groups is 2. The predicted octanol–water partition coefficient (Wildman–Crippen LogP) is 4.03. The quantitative estimate of drug-likeness (QED) is 0.316. The first-order valence-electron chi connectivity index (χ1n) is 8.22. The SMILES string of the molecule is COc1cc(/C=C2/SC(=S)N(c3ccccc3)C2=O)cc(OC)c1OC(C)=O. The molecule has 8 heteroatoms. The summed E-state index contributed by atoms with van der Waals surface area (Å²) < 4.78 is 16.3. The van der Waals surface area contributed by atoms with E-state index in [0.29, 0.717) is 32.0 Å². The highest BCUT2D eigenvalue weighted by molar-refractivity contribution is 8.27. The third-order valence-corrected chi connectivity index (χ3v) is 5.14. The van der Waals surface area contributed by atoms with Crippen molar-refractivity contribution in [2.75, 3.05) is 19.1 Å². The molecule has 3 rings (SSSR count). The van der Waals surface area contributed by atoms with Gasteiger partial charge >= 0.3 is 5.97 Å². The topological polar surface area (TPSA) is 65.1 Å². The van der Waals surface area contributed by atoms with Gasteiger partial charge < -0.3 is 14.2 Å². The Morgan fingerprint density at radius 1 is 1.11 bits per heavy atom. The van der Waals surface area contributed by atoms with Crippen LogP contribution in [0, 0.1) is 0 Å². The van der Waals surface area contributed by atoms with E-state index < -0.39 is 5.97 Å². The summed E-state index contributed by atoms with van der Waals surface area (Å²) in [6.45, 7) is 1.29. The number of benzene rings is 2. The van der Waals surface area contributed by atoms with Crippen LogP contribution >= 0.6 is 24.0 Å². The van der Waals surface area contributed by atoms with Crippen molar-refractivity contribution in [1.82, 2.24) is 0 Å². The molecule has 0 saturated carbocycles. The molecule has 1 saturated heterocycles. The molecule has 0 radical (unpaired) electrons. The van der Waals surface area contributed by atoms with Crippen LogP contribution in [0.15, 0.2) is 47.4 Å². The maximum Gasteiger partial charge on any atom is 0.308 e. The van der Waals surface area contributed by atoms with Gasteiger partial charge in [0, 0.05) is 6.92 Å². The molecule has 1 amide bonds. The predicted molar refractivity (Wildman–Crippen MR) is 113 cm³/mol. The van der Waals surface area contributed by atoms with E-state index in [-0.39, 0.29) is 11.7 Å². The maximum atomic E-state index is 12.9. The molecule has 0 aliphatic carbocycles. The normalized spacial score (nSPS) is 15.1. The zero-order chi connectivity index (χ0) is 20.3. The molecule has 1 aliphatic rings. The Balaban J connectivity index is 1.98. The lowest BCUT2D eigenvalue weighted by Gasteiger charge is -2.14. The number of amides is 1. The van der Waals surface area contributed by atoms with E-state index in [1.54, 1.807) is 18.2 Å². The molecule has 0 N–H and O–H groups in total. The minimum absolute atomic E-state index is 0.187. The van der Waals surface area contributed by atoms with E-state index in [4.69, 9.17) is 26.4 Å². The molecule has 1 aliphatic heterocycles. The average Bonchev–Trinajstić information content (AvgIpc) is 2.96. The van der Waals surface area contributed by atoms with Crippen LogP contribution in [0.2, 0.25) is 0 Å². The molecular formula is C20H17NO5S2. The molecule has 144 valence electrons. The lowest BCUT2D eigenvalue weighted by Crippen LogP contribution is -2.27. The number of methoxy groups -OCH3 is 2. The summed E-state index contributed by atoms with van der Waals surface area (Å²) in [4.78, 5) is 26.2. The van der Waals surface area contributed by atoms with Crippen molar-refractivity contribution in [3.05, 3.63) is 52.9 Å². The van der Waals surface area contributed by atoms with E-state index >= 15 is 0 Å². The first kappa shape index (κ1) is 19.9. The van der Waals surface area contributed by atoms with Crippen LogP contribution in [0.25, 0.3) is 6.08 Å². The third-order valence-electron chi connectivity index (χ3n) is 3.83. The van der Waals surface area contributed by atoms with Crippen LogP contribution < -0.4 is 19.1 Å². The molecule has 6 nitrogen and oxygen atoms in total. The van der Waals surface area contributed by atoms with Crippen LogP contribution in [0.3, 0.4) is 0 Å². The Kier molecular flexibility index (Phi) is 6.01. The Labute approximate surface area is 172 Å². The highest BCUT2D eigenvalue weighted by Crippen LogP contribution is 2.41. The zero-order valence-electron chi connectivity index (χ0n) is 15.4. The molecule has 28 heavy (non-hydrogen) atoms. The Hall–Kier alpha value is -2.84. The van der Waals surface area contributed by atoms with E-state index in [0.717, 1.165) is 0 Å². The fourth-order valence-electron chi connectivity index (χ4n) is 2.65. The first-order valence-corrected chi connectivity index (χ1v) is 9.44. The van der Waals surface area contributed by atoms with Crippen LogP contribution in [0.5, 0.6) is 17.2 Å². The van der Waals surface area contributed by atoms with Crippen molar-refractivity contribution in [3.8, 4) is 17.2 Å². The fraction of sp³-hybridized carbons (Fsp3) is 0.150. The second-order valence-electron chi connectivity index (χ2n) is 5.70. The standard InChI is InChI=1S/C20H17NO5S2/c1-12(22)26-18-15(24-2)9-13(10-16(18)25-3)11-17-19(23)21(20(27)28-17)14-7-5-4-6-8-14/h4-11H,1-3H3/b17-11+. The Bertz CT molecular complexity index is 947. The van der Waals surface area contributed by atoms with Gasteiger partial charge in [-0.05, 0) is 35.9 Å². The third kappa shape index (κ3) is 4.02. The minimum atomic E-state index is -0.493. The van der Waals surface area contributed by atoms with Crippen molar-refractivity contribution in [3.63, 3.8) is 0 Å². The second-order valence-corrected chi connectivity index (χ2v) is 7.38. The average molecular weight is 415 g/mol. The van der Waals surface area contributed by atoms with Crippen molar-refractivity contribution in [1.29, 1.82) is 0 Å². The summed E-state index contributed by atoms with van der Waals surface area (Å²) in [5, 5.41) is 0. The zero-order valence-corrected chi connectivity index (χ0v) is 17.1. The smallest absolute Gasteiger partial charge is 0.308 e. The van der Waals surface area contributed by atoms with Gasteiger partial charge in [-0.1, -0.05) is 42.2 Å². The summed E-state index contributed by atoms with van der Waals surface area (Å²) in [5.74, 6) is 0.126. The van der Waals surface area contributed by atoms with Crippen LogP contribution in [0.4, 0.5) is 5.69 Å². The number of nitrogens with zero attached hydrogens (tertiary/aromatic N) is 1. The number of anilines is 1. The highest BCUT2D eigenvalue weighted by Gasteiger charge is 2.33. The van der Waals surface area contributed by atoms with Crippen LogP contribution in [-0.2, 0) is 9.59 Å². The summed E-state index contributed by atoms with van der Waals surface area (Å²) in [7, 11) is 2.92. The van der Waals surface area contributed by atoms with Gasteiger partial charge in [0.25, 0.3) is 5.91 Å². The number of hydrogen-bond acceptors (Lipinski definition) is 7. The molecule has 0 bridgehead atoms. The summed E-state index contributed by atoms with van der Waals surface area (Å²) >= 11 is 6.59. The highest BCUT2D eigenvalue weighted by atomic mass is 32.2. The Morgan fingerprint density at radius 3 is 2.25 bits per heavy atom. The number of esters is 1. The number of para-hydroxylation sites is 1. The van der Waals surface area contributed by atoms with Crippen molar-refractivity contribution >= 4 is 51.9 Å². The van der Waals surface area contributed by atoms with Gasteiger partial charge in [0.15, 0.2) is 15.8 Å². The molecule has 1 fully saturated rings. The van der Waals surface area contributed by atoms with E-state index in [1.807, 2.05) is 30.3 Å². The fourth-order valence-corrected chi connectivity index (χ4v) is 3.95. The van der Waals surface area contributed by atoms with Crippen molar-refractivity contribution in [2.45, 2.75) is 6.92 Å². The lowest BCUT2D eigenvalue weighted by molar-refractivity contribution is -0.132. The first-order chi connectivity index (χ1) is 13.4.